The van der Waals surface area contributed by atoms with Gasteiger partial charge in [-0.25, -0.2) is 0 Å². The van der Waals surface area contributed by atoms with Gasteiger partial charge in [0.15, 0.2) is 0 Å². The number of hydrogen-bond donors (Lipinski definition) is 2. The van der Waals surface area contributed by atoms with Crippen molar-refractivity contribution in [2.24, 2.45) is 11.3 Å². The van der Waals surface area contributed by atoms with Crippen molar-refractivity contribution in [1.82, 2.24) is 5.32 Å². The Morgan fingerprint density at radius 3 is 2.38 bits per heavy atom. The van der Waals surface area contributed by atoms with Gasteiger partial charge in [-0.15, -0.1) is 0 Å². The van der Waals surface area contributed by atoms with E-state index in [-0.39, 0.29) is 17.9 Å². The Balaban J connectivity index is 1.75. The molecule has 1 aromatic carbocycles. The number of rotatable bonds is 7. The van der Waals surface area contributed by atoms with Gasteiger partial charge in [-0.05, 0) is 45.1 Å². The second-order valence-electron chi connectivity index (χ2n) is 7.22. The number of amides is 1. The monoisotopic (exact) mass is 333 g/mol. The van der Waals surface area contributed by atoms with Crippen molar-refractivity contribution in [3.63, 3.8) is 0 Å². The SMILES string of the molecule is CC(C)(COCc1ccccc1)C(=O)NC1CCC(C(=O)O)CC1. The molecule has 1 aliphatic rings. The summed E-state index contributed by atoms with van der Waals surface area (Å²) in [7, 11) is 0. The van der Waals surface area contributed by atoms with E-state index in [0.29, 0.717) is 26.1 Å². The molecule has 1 amide bonds. The summed E-state index contributed by atoms with van der Waals surface area (Å²) in [4.78, 5) is 23.5. The van der Waals surface area contributed by atoms with Gasteiger partial charge in [-0.2, -0.15) is 0 Å². The summed E-state index contributed by atoms with van der Waals surface area (Å²) in [6.07, 6.45) is 2.71. The maximum Gasteiger partial charge on any atom is 0.306 e. The number of aliphatic carboxylic acids is 1. The fraction of sp³-hybridized carbons (Fsp3) is 0.579. The predicted octanol–water partition coefficient (Wildman–Crippen LogP) is 2.99. The van der Waals surface area contributed by atoms with Gasteiger partial charge in [0, 0.05) is 6.04 Å². The number of carboxylic acid groups (broad SMARTS) is 1. The highest BCUT2D eigenvalue weighted by molar-refractivity contribution is 5.82. The molecule has 0 aromatic heterocycles. The minimum atomic E-state index is -0.727. The number of carboxylic acids is 1. The zero-order valence-electron chi connectivity index (χ0n) is 14.5. The van der Waals surface area contributed by atoms with Crippen LogP contribution < -0.4 is 5.32 Å². The Hall–Kier alpha value is -1.88. The maximum atomic E-state index is 12.5. The van der Waals surface area contributed by atoms with Gasteiger partial charge in [-0.3, -0.25) is 9.59 Å². The molecular formula is C19H27NO4. The normalized spacial score (nSPS) is 21.2. The third kappa shape index (κ3) is 5.34. The third-order valence-electron chi connectivity index (χ3n) is 4.60. The lowest BCUT2D eigenvalue weighted by molar-refractivity contribution is -0.143. The Labute approximate surface area is 143 Å². The van der Waals surface area contributed by atoms with E-state index in [2.05, 4.69) is 5.32 Å². The summed E-state index contributed by atoms with van der Waals surface area (Å²) in [5, 5.41) is 12.1. The van der Waals surface area contributed by atoms with Gasteiger partial charge < -0.3 is 15.2 Å². The van der Waals surface area contributed by atoms with E-state index in [0.717, 1.165) is 18.4 Å². The smallest absolute Gasteiger partial charge is 0.306 e. The Kier molecular flexibility index (Phi) is 6.37. The molecule has 0 heterocycles. The molecule has 0 saturated heterocycles. The van der Waals surface area contributed by atoms with Gasteiger partial charge in [-0.1, -0.05) is 30.3 Å². The zero-order valence-corrected chi connectivity index (χ0v) is 14.5. The molecule has 2 rings (SSSR count). The van der Waals surface area contributed by atoms with Crippen LogP contribution in [0.15, 0.2) is 30.3 Å². The molecule has 0 unspecified atom stereocenters. The highest BCUT2D eigenvalue weighted by atomic mass is 16.5. The standard InChI is InChI=1S/C19H27NO4/c1-19(2,13-24-12-14-6-4-3-5-7-14)18(23)20-16-10-8-15(9-11-16)17(21)22/h3-7,15-16H,8-13H2,1-2H3,(H,20,23)(H,21,22). The minimum absolute atomic E-state index is 0.0330. The highest BCUT2D eigenvalue weighted by Crippen LogP contribution is 2.26. The molecule has 24 heavy (non-hydrogen) atoms. The molecule has 2 N–H and O–H groups in total. The fourth-order valence-corrected chi connectivity index (χ4v) is 2.93. The first kappa shape index (κ1) is 18.5. The third-order valence-corrected chi connectivity index (χ3v) is 4.60. The molecule has 0 radical (unpaired) electrons. The van der Waals surface area contributed by atoms with Crippen molar-refractivity contribution in [1.29, 1.82) is 0 Å². The molecule has 0 aliphatic heterocycles. The first-order valence-corrected chi connectivity index (χ1v) is 8.54. The average Bonchev–Trinajstić information content (AvgIpc) is 2.56. The molecule has 1 aromatic rings. The second-order valence-corrected chi connectivity index (χ2v) is 7.22. The largest absolute Gasteiger partial charge is 0.481 e. The molecule has 132 valence electrons. The van der Waals surface area contributed by atoms with E-state index in [1.807, 2.05) is 44.2 Å². The highest BCUT2D eigenvalue weighted by Gasteiger charge is 2.32. The van der Waals surface area contributed by atoms with Gasteiger partial charge >= 0.3 is 5.97 Å². The Morgan fingerprint density at radius 2 is 1.79 bits per heavy atom. The lowest BCUT2D eigenvalue weighted by Crippen LogP contribution is -2.46. The topological polar surface area (TPSA) is 75.6 Å². The molecule has 0 spiro atoms. The van der Waals surface area contributed by atoms with Crippen LogP contribution in [0.1, 0.15) is 45.1 Å². The number of hydrogen-bond acceptors (Lipinski definition) is 3. The molecule has 5 heteroatoms. The quantitative estimate of drug-likeness (QED) is 0.804. The van der Waals surface area contributed by atoms with E-state index in [4.69, 9.17) is 9.84 Å². The molecule has 1 fully saturated rings. The van der Waals surface area contributed by atoms with Crippen molar-refractivity contribution in [2.75, 3.05) is 6.61 Å². The van der Waals surface area contributed by atoms with Crippen LogP contribution in [0.4, 0.5) is 0 Å². The summed E-state index contributed by atoms with van der Waals surface area (Å²) >= 11 is 0. The molecule has 0 bridgehead atoms. The number of carbonyl (C=O) groups excluding carboxylic acids is 1. The number of benzene rings is 1. The second kappa shape index (κ2) is 8.29. The first-order valence-electron chi connectivity index (χ1n) is 8.54. The summed E-state index contributed by atoms with van der Waals surface area (Å²) < 4.78 is 5.70. The molecule has 0 atom stereocenters. The van der Waals surface area contributed by atoms with Crippen molar-refractivity contribution >= 4 is 11.9 Å². The number of nitrogens with one attached hydrogen (secondary N) is 1. The van der Waals surface area contributed by atoms with Gasteiger partial charge in [0.2, 0.25) is 5.91 Å². The predicted molar refractivity (Wildman–Crippen MR) is 91.4 cm³/mol. The minimum Gasteiger partial charge on any atom is -0.481 e. The van der Waals surface area contributed by atoms with Crippen molar-refractivity contribution < 1.29 is 19.4 Å². The van der Waals surface area contributed by atoms with Crippen LogP contribution in [0.3, 0.4) is 0 Å². The Morgan fingerprint density at radius 1 is 1.17 bits per heavy atom. The average molecular weight is 333 g/mol. The number of carbonyl (C=O) groups is 2. The summed E-state index contributed by atoms with van der Waals surface area (Å²) in [6, 6.07) is 9.94. The van der Waals surface area contributed by atoms with Crippen LogP contribution in [-0.4, -0.2) is 29.6 Å². The lowest BCUT2D eigenvalue weighted by atomic mass is 9.85. The van der Waals surface area contributed by atoms with Crippen LogP contribution in [0.5, 0.6) is 0 Å². The van der Waals surface area contributed by atoms with Crippen LogP contribution in [0.2, 0.25) is 0 Å². The molecule has 1 saturated carbocycles. The van der Waals surface area contributed by atoms with E-state index in [1.165, 1.54) is 0 Å². The molecule has 5 nitrogen and oxygen atoms in total. The summed E-state index contributed by atoms with van der Waals surface area (Å²) in [5.41, 5.74) is 0.471. The van der Waals surface area contributed by atoms with Gasteiger partial charge in [0.1, 0.15) is 0 Å². The van der Waals surface area contributed by atoms with Crippen LogP contribution >= 0.6 is 0 Å². The first-order chi connectivity index (χ1) is 11.4. The lowest BCUT2D eigenvalue weighted by Gasteiger charge is -2.31. The van der Waals surface area contributed by atoms with E-state index in [9.17, 15) is 9.59 Å². The molecule has 1 aliphatic carbocycles. The van der Waals surface area contributed by atoms with Crippen molar-refractivity contribution in [3.8, 4) is 0 Å². The number of ether oxygens (including phenoxy) is 1. The van der Waals surface area contributed by atoms with Crippen molar-refractivity contribution in [3.05, 3.63) is 35.9 Å². The van der Waals surface area contributed by atoms with Gasteiger partial charge in [0.05, 0.1) is 24.5 Å². The maximum absolute atomic E-state index is 12.5. The Bertz CT molecular complexity index is 548. The molecular weight excluding hydrogens is 306 g/mol. The van der Waals surface area contributed by atoms with Gasteiger partial charge in [0.25, 0.3) is 0 Å². The van der Waals surface area contributed by atoms with Crippen molar-refractivity contribution in [2.45, 2.75) is 52.2 Å². The van der Waals surface area contributed by atoms with Crippen LogP contribution in [0, 0.1) is 11.3 Å². The fourth-order valence-electron chi connectivity index (χ4n) is 2.93. The summed E-state index contributed by atoms with van der Waals surface area (Å²) in [5.74, 6) is -1.02. The van der Waals surface area contributed by atoms with Crippen LogP contribution in [-0.2, 0) is 20.9 Å². The summed E-state index contributed by atoms with van der Waals surface area (Å²) in [6.45, 7) is 4.58. The van der Waals surface area contributed by atoms with E-state index >= 15 is 0 Å². The van der Waals surface area contributed by atoms with Crippen LogP contribution in [0.25, 0.3) is 0 Å². The van der Waals surface area contributed by atoms with E-state index in [1.54, 1.807) is 0 Å². The van der Waals surface area contributed by atoms with E-state index < -0.39 is 11.4 Å². The zero-order chi connectivity index (χ0) is 17.6.